The van der Waals surface area contributed by atoms with Crippen LogP contribution in [0.25, 0.3) is 10.7 Å². The van der Waals surface area contributed by atoms with E-state index in [2.05, 4.69) is 26.1 Å². The Hall–Kier alpha value is -1.18. The van der Waals surface area contributed by atoms with Gasteiger partial charge in [0.05, 0.1) is 4.88 Å². The molecule has 7 heteroatoms. The van der Waals surface area contributed by atoms with E-state index in [0.29, 0.717) is 11.3 Å². The molecule has 108 valence electrons. The van der Waals surface area contributed by atoms with E-state index in [1.165, 1.54) is 17.8 Å². The number of halogens is 2. The topological polar surface area (TPSA) is 30.7 Å². The first-order valence-electron chi connectivity index (χ1n) is 6.15. The predicted molar refractivity (Wildman–Crippen MR) is 88.0 cm³/mol. The van der Waals surface area contributed by atoms with E-state index in [9.17, 15) is 4.39 Å². The summed E-state index contributed by atoms with van der Waals surface area (Å²) in [6, 6.07) is 8.95. The Morgan fingerprint density at radius 1 is 1.33 bits per heavy atom. The van der Waals surface area contributed by atoms with E-state index < -0.39 is 0 Å². The molecule has 0 fully saturated rings. The van der Waals surface area contributed by atoms with Gasteiger partial charge in [-0.1, -0.05) is 33.8 Å². The van der Waals surface area contributed by atoms with Crippen molar-refractivity contribution in [2.45, 2.75) is 10.9 Å². The van der Waals surface area contributed by atoms with Crippen LogP contribution >= 0.6 is 39.0 Å². The normalized spacial score (nSPS) is 11.0. The summed E-state index contributed by atoms with van der Waals surface area (Å²) in [5.41, 5.74) is 0.648. The van der Waals surface area contributed by atoms with Crippen LogP contribution in [0.5, 0.6) is 0 Å². The molecule has 0 amide bonds. The molecule has 3 rings (SSSR count). The van der Waals surface area contributed by atoms with Crippen LogP contribution in [0.2, 0.25) is 0 Å². The molecule has 0 unspecified atom stereocenters. The summed E-state index contributed by atoms with van der Waals surface area (Å²) in [5, 5.41) is 11.2. The first-order valence-corrected chi connectivity index (χ1v) is 8.81. The summed E-state index contributed by atoms with van der Waals surface area (Å²) < 4.78 is 16.5. The molecule has 2 aromatic heterocycles. The Balaban J connectivity index is 1.79. The minimum absolute atomic E-state index is 0.202. The highest BCUT2D eigenvalue weighted by molar-refractivity contribution is 9.10. The van der Waals surface area contributed by atoms with Gasteiger partial charge in [0.25, 0.3) is 0 Å². The zero-order valence-electron chi connectivity index (χ0n) is 11.1. The van der Waals surface area contributed by atoms with Crippen LogP contribution in [0.3, 0.4) is 0 Å². The fourth-order valence-electron chi connectivity index (χ4n) is 1.86. The summed E-state index contributed by atoms with van der Waals surface area (Å²) in [6.45, 7) is 0. The minimum atomic E-state index is -0.202. The first-order chi connectivity index (χ1) is 10.1. The lowest BCUT2D eigenvalue weighted by atomic mass is 10.2. The van der Waals surface area contributed by atoms with Crippen molar-refractivity contribution in [3.63, 3.8) is 0 Å². The van der Waals surface area contributed by atoms with Gasteiger partial charge in [-0.25, -0.2) is 4.39 Å². The standard InChI is InChI=1S/C14H11BrFN3S2/c1-19-13(12-3-2-6-20-12)17-18-14(19)21-8-9-7-10(15)4-5-11(9)16/h2-7H,8H2,1H3. The molecule has 0 aliphatic carbocycles. The quantitative estimate of drug-likeness (QED) is 0.609. The number of nitrogens with zero attached hydrogens (tertiary/aromatic N) is 3. The van der Waals surface area contributed by atoms with Crippen molar-refractivity contribution in [1.82, 2.24) is 14.8 Å². The number of rotatable bonds is 4. The average molecular weight is 384 g/mol. The monoisotopic (exact) mass is 383 g/mol. The first kappa shape index (κ1) is 14.7. The number of hydrogen-bond donors (Lipinski definition) is 0. The number of thioether (sulfide) groups is 1. The maximum absolute atomic E-state index is 13.7. The Labute approximate surface area is 138 Å². The van der Waals surface area contributed by atoms with E-state index in [0.717, 1.165) is 20.3 Å². The molecule has 0 spiro atoms. The molecule has 3 nitrogen and oxygen atoms in total. The van der Waals surface area contributed by atoms with Gasteiger partial charge in [-0.2, -0.15) is 0 Å². The third-order valence-electron chi connectivity index (χ3n) is 2.94. The smallest absolute Gasteiger partial charge is 0.191 e. The molecule has 0 saturated heterocycles. The lowest BCUT2D eigenvalue weighted by Gasteiger charge is -2.04. The largest absolute Gasteiger partial charge is 0.304 e. The fraction of sp³-hybridized carbons (Fsp3) is 0.143. The second kappa shape index (κ2) is 6.29. The van der Waals surface area contributed by atoms with Crippen molar-refractivity contribution in [3.8, 4) is 10.7 Å². The van der Waals surface area contributed by atoms with Gasteiger partial charge >= 0.3 is 0 Å². The van der Waals surface area contributed by atoms with Crippen molar-refractivity contribution in [3.05, 3.63) is 51.6 Å². The molecule has 0 saturated carbocycles. The average Bonchev–Trinajstić information content (AvgIpc) is 3.10. The predicted octanol–water partition coefficient (Wildman–Crippen LogP) is 4.74. The molecule has 0 atom stereocenters. The zero-order chi connectivity index (χ0) is 14.8. The number of benzene rings is 1. The Bertz CT molecular complexity index is 756. The molecule has 0 bridgehead atoms. The molecule has 0 N–H and O–H groups in total. The maximum Gasteiger partial charge on any atom is 0.191 e. The molecule has 0 radical (unpaired) electrons. The number of hydrogen-bond acceptors (Lipinski definition) is 4. The Morgan fingerprint density at radius 3 is 2.95 bits per heavy atom. The third-order valence-corrected chi connectivity index (χ3v) is 5.37. The highest BCUT2D eigenvalue weighted by Gasteiger charge is 2.13. The zero-order valence-corrected chi connectivity index (χ0v) is 14.3. The van der Waals surface area contributed by atoms with Crippen molar-refractivity contribution < 1.29 is 4.39 Å². The summed E-state index contributed by atoms with van der Waals surface area (Å²) in [6.07, 6.45) is 0. The van der Waals surface area contributed by atoms with Gasteiger partial charge in [-0.15, -0.1) is 21.5 Å². The van der Waals surface area contributed by atoms with Crippen molar-refractivity contribution in [2.75, 3.05) is 0 Å². The van der Waals surface area contributed by atoms with Gasteiger partial charge in [0.1, 0.15) is 5.82 Å². The molecule has 21 heavy (non-hydrogen) atoms. The van der Waals surface area contributed by atoms with Crippen molar-refractivity contribution in [2.24, 2.45) is 7.05 Å². The van der Waals surface area contributed by atoms with Crippen LogP contribution in [0.15, 0.2) is 45.3 Å². The summed E-state index contributed by atoms with van der Waals surface area (Å²) >= 11 is 6.46. The van der Waals surface area contributed by atoms with Gasteiger partial charge < -0.3 is 4.57 Å². The molecule has 2 heterocycles. The van der Waals surface area contributed by atoms with Crippen LogP contribution in [-0.2, 0) is 12.8 Å². The molecule has 0 aliphatic rings. The van der Waals surface area contributed by atoms with Gasteiger partial charge in [-0.05, 0) is 35.2 Å². The molecule has 1 aromatic carbocycles. The van der Waals surface area contributed by atoms with E-state index in [4.69, 9.17) is 0 Å². The minimum Gasteiger partial charge on any atom is -0.304 e. The Kier molecular flexibility index (Phi) is 4.42. The lowest BCUT2D eigenvalue weighted by molar-refractivity contribution is 0.617. The highest BCUT2D eigenvalue weighted by atomic mass is 79.9. The van der Waals surface area contributed by atoms with Gasteiger partial charge in [0, 0.05) is 17.3 Å². The van der Waals surface area contributed by atoms with Crippen LogP contribution in [0, 0.1) is 5.82 Å². The van der Waals surface area contributed by atoms with Gasteiger partial charge in [-0.3, -0.25) is 0 Å². The molecular weight excluding hydrogens is 373 g/mol. The van der Waals surface area contributed by atoms with E-state index in [1.54, 1.807) is 23.5 Å². The number of thiophene rings is 1. The van der Waals surface area contributed by atoms with E-state index >= 15 is 0 Å². The van der Waals surface area contributed by atoms with Crippen LogP contribution in [0.1, 0.15) is 5.56 Å². The fourth-order valence-corrected chi connectivity index (χ4v) is 3.89. The Morgan fingerprint density at radius 2 is 2.19 bits per heavy atom. The molecule has 3 aromatic rings. The van der Waals surface area contributed by atoms with E-state index in [-0.39, 0.29) is 5.82 Å². The second-order valence-corrected chi connectivity index (χ2v) is 7.17. The lowest BCUT2D eigenvalue weighted by Crippen LogP contribution is -1.95. The maximum atomic E-state index is 13.7. The van der Waals surface area contributed by atoms with Crippen molar-refractivity contribution in [1.29, 1.82) is 0 Å². The second-order valence-electron chi connectivity index (χ2n) is 4.37. The highest BCUT2D eigenvalue weighted by Crippen LogP contribution is 2.28. The van der Waals surface area contributed by atoms with Crippen LogP contribution in [-0.4, -0.2) is 14.8 Å². The molecule has 0 aliphatic heterocycles. The molecular formula is C14H11BrFN3S2. The van der Waals surface area contributed by atoms with Crippen LogP contribution in [0.4, 0.5) is 4.39 Å². The summed E-state index contributed by atoms with van der Waals surface area (Å²) in [4.78, 5) is 1.07. The van der Waals surface area contributed by atoms with Crippen LogP contribution < -0.4 is 0 Å². The summed E-state index contributed by atoms with van der Waals surface area (Å²) in [7, 11) is 1.93. The third kappa shape index (κ3) is 3.20. The number of aromatic nitrogens is 3. The summed E-state index contributed by atoms with van der Waals surface area (Å²) in [5.74, 6) is 1.15. The van der Waals surface area contributed by atoms with Gasteiger partial charge in [0.2, 0.25) is 0 Å². The van der Waals surface area contributed by atoms with Gasteiger partial charge in [0.15, 0.2) is 11.0 Å². The van der Waals surface area contributed by atoms with E-state index in [1.807, 2.05) is 29.1 Å². The SMILES string of the molecule is Cn1c(SCc2cc(Br)ccc2F)nnc1-c1cccs1. The van der Waals surface area contributed by atoms with Crippen molar-refractivity contribution >= 4 is 39.0 Å².